The molecule has 1 saturated carbocycles. The van der Waals surface area contributed by atoms with Gasteiger partial charge in [0, 0.05) is 37.5 Å². The van der Waals surface area contributed by atoms with Crippen LogP contribution in [0.1, 0.15) is 24.4 Å². The highest BCUT2D eigenvalue weighted by atomic mass is 35.5. The van der Waals surface area contributed by atoms with Gasteiger partial charge in [0.05, 0.1) is 23.2 Å². The summed E-state index contributed by atoms with van der Waals surface area (Å²) in [5.74, 6) is -0.100. The molecule has 1 fully saturated rings. The molecule has 4 aromatic rings. The largest absolute Gasteiger partial charge is 0.390 e. The Kier molecular flexibility index (Phi) is 12.0. The lowest BCUT2D eigenvalue weighted by Gasteiger charge is -2.23. The van der Waals surface area contributed by atoms with Gasteiger partial charge in [-0.3, -0.25) is 4.68 Å². The Morgan fingerprint density at radius 2 is 1.86 bits per heavy atom. The molecule has 1 aliphatic rings. The minimum atomic E-state index is -0.978. The number of aliphatic hydroxyl groups is 2. The highest BCUT2D eigenvalue weighted by molar-refractivity contribution is 6.29. The normalized spacial score (nSPS) is 20.2. The maximum atomic E-state index is 13.0. The number of hydrogen-bond donors (Lipinski definition) is 4. The van der Waals surface area contributed by atoms with Crippen LogP contribution in [0, 0.1) is 11.7 Å². The molecule has 0 bridgehead atoms. The number of nitrogens with one attached hydrogen (secondary N) is 1. The number of fused-ring (bicyclic) bond motifs is 1. The van der Waals surface area contributed by atoms with Crippen molar-refractivity contribution in [2.45, 2.75) is 37.5 Å². The van der Waals surface area contributed by atoms with Gasteiger partial charge in [-0.1, -0.05) is 12.1 Å². The third-order valence-electron chi connectivity index (χ3n) is 7.73. The third-order valence-corrected chi connectivity index (χ3v) is 7.90. The fourth-order valence-electron chi connectivity index (χ4n) is 5.68. The minimum absolute atomic E-state index is 0. The Hall–Kier alpha value is -2.51. The molecule has 1 aromatic carbocycles. The van der Waals surface area contributed by atoms with Crippen LogP contribution in [0.25, 0.3) is 22.3 Å². The van der Waals surface area contributed by atoms with Crippen LogP contribution >= 0.6 is 36.4 Å². The number of aliphatic hydroxyl groups excluding tert-OH is 2. The zero-order valence-electron chi connectivity index (χ0n) is 23.5. The molecule has 10 nitrogen and oxygen atoms in total. The van der Waals surface area contributed by atoms with E-state index in [0.717, 1.165) is 43.6 Å². The molecule has 0 saturated heterocycles. The summed E-state index contributed by atoms with van der Waals surface area (Å²) < 4.78 is 16.6. The summed E-state index contributed by atoms with van der Waals surface area (Å²) in [7, 11) is 3.87. The van der Waals surface area contributed by atoms with E-state index in [1.165, 1.54) is 12.1 Å². The van der Waals surface area contributed by atoms with Crippen molar-refractivity contribution in [3.63, 3.8) is 0 Å². The molecule has 0 unspecified atom stereocenters. The highest BCUT2D eigenvalue weighted by Crippen LogP contribution is 2.41. The average molecular weight is 644 g/mol. The summed E-state index contributed by atoms with van der Waals surface area (Å²) in [4.78, 5) is 10.8. The molecule has 42 heavy (non-hydrogen) atoms. The van der Waals surface area contributed by atoms with Crippen molar-refractivity contribution in [3.05, 3.63) is 59.4 Å². The number of halogens is 4. The molecule has 3 aromatic heterocycles. The Morgan fingerprint density at radius 3 is 2.55 bits per heavy atom. The van der Waals surface area contributed by atoms with Gasteiger partial charge in [-0.25, -0.2) is 9.37 Å². The molecule has 4 atom stereocenters. The molecule has 0 spiro atoms. The number of aromatic nitrogens is 5. The lowest BCUT2D eigenvalue weighted by atomic mass is 10.1. The summed E-state index contributed by atoms with van der Waals surface area (Å²) in [6, 6.07) is 8.06. The van der Waals surface area contributed by atoms with Gasteiger partial charge >= 0.3 is 0 Å². The van der Waals surface area contributed by atoms with Gasteiger partial charge in [-0.05, 0) is 81.3 Å². The van der Waals surface area contributed by atoms with Gasteiger partial charge in [-0.15, -0.1) is 24.8 Å². The van der Waals surface area contributed by atoms with Crippen LogP contribution in [0.5, 0.6) is 0 Å². The summed E-state index contributed by atoms with van der Waals surface area (Å²) in [5.41, 5.74) is 9.33. The fraction of sp³-hybridized carbons (Fsp3) is 0.464. The number of aryl methyl sites for hydroxylation is 1. The summed E-state index contributed by atoms with van der Waals surface area (Å²) in [6.07, 6.45) is 4.21. The van der Waals surface area contributed by atoms with Gasteiger partial charge < -0.3 is 30.7 Å². The number of nitrogen functional groups attached to an aromatic ring is 1. The molecule has 0 radical (unpaired) electrons. The molecule has 14 heteroatoms. The maximum Gasteiger partial charge on any atom is 0.226 e. The van der Waals surface area contributed by atoms with Crippen molar-refractivity contribution in [2.75, 3.05) is 39.0 Å². The van der Waals surface area contributed by atoms with Gasteiger partial charge in [-0.2, -0.15) is 10.1 Å². The topological polar surface area (TPSA) is 130 Å². The monoisotopic (exact) mass is 642 g/mol. The second kappa shape index (κ2) is 14.8. The summed E-state index contributed by atoms with van der Waals surface area (Å²) >= 11 is 6.17. The highest BCUT2D eigenvalue weighted by Gasteiger charge is 2.43. The van der Waals surface area contributed by atoms with E-state index in [1.807, 2.05) is 49.3 Å². The number of hydrogen-bond acceptors (Lipinski definition) is 8. The Bertz CT molecular complexity index is 1450. The average Bonchev–Trinajstić information content (AvgIpc) is 3.59. The number of nitrogens with two attached hydrogens (primary N) is 1. The predicted octanol–water partition coefficient (Wildman–Crippen LogP) is 3.49. The molecular weight excluding hydrogens is 606 g/mol. The van der Waals surface area contributed by atoms with Crippen LogP contribution in [0.3, 0.4) is 0 Å². The van der Waals surface area contributed by atoms with E-state index in [9.17, 15) is 14.6 Å². The Labute approximate surface area is 261 Å². The quantitative estimate of drug-likeness (QED) is 0.144. The zero-order valence-corrected chi connectivity index (χ0v) is 25.9. The standard InChI is InChI=1S/C28H36ClFN8O2.2ClH/c1-36(12-3-10-32-11-8-17-4-6-19(30)7-5-17)15-18-14-22(25(40)24(18)39)38-16-20(21-9-13-37(2)35-21)23-26(31)33-28(29)34-27(23)38;;/h4-7,9,13,16,18,22,24-25,32,39-40H,3,8,10-12,14-15H2,1-2H3,(H2,31,33,34);2*1H/t18-,22-,24-,25+;;/m1../s1. The molecule has 1 aliphatic carbocycles. The molecule has 230 valence electrons. The molecule has 5 rings (SSSR count). The number of nitrogens with zero attached hydrogens (tertiary/aromatic N) is 6. The van der Waals surface area contributed by atoms with Crippen LogP contribution in [0.4, 0.5) is 10.2 Å². The summed E-state index contributed by atoms with van der Waals surface area (Å²) in [5, 5.41) is 30.7. The van der Waals surface area contributed by atoms with Gasteiger partial charge in [0.15, 0.2) is 0 Å². The first-order chi connectivity index (χ1) is 19.2. The van der Waals surface area contributed by atoms with E-state index >= 15 is 0 Å². The van der Waals surface area contributed by atoms with Crippen LogP contribution in [-0.2, 0) is 13.5 Å². The van der Waals surface area contributed by atoms with E-state index in [4.69, 9.17) is 17.3 Å². The van der Waals surface area contributed by atoms with E-state index in [0.29, 0.717) is 29.7 Å². The Morgan fingerprint density at radius 1 is 1.12 bits per heavy atom. The first-order valence-electron chi connectivity index (χ1n) is 13.5. The van der Waals surface area contributed by atoms with Gasteiger partial charge in [0.1, 0.15) is 23.4 Å². The first kappa shape index (κ1) is 34.0. The zero-order chi connectivity index (χ0) is 28.4. The number of anilines is 1. The van der Waals surface area contributed by atoms with E-state index in [2.05, 4.69) is 25.3 Å². The number of benzene rings is 1. The molecule has 3 heterocycles. The second-order valence-corrected chi connectivity index (χ2v) is 11.0. The van der Waals surface area contributed by atoms with Crippen molar-refractivity contribution in [1.82, 2.24) is 34.5 Å². The van der Waals surface area contributed by atoms with E-state index < -0.39 is 18.2 Å². The third kappa shape index (κ3) is 7.52. The maximum absolute atomic E-state index is 13.0. The van der Waals surface area contributed by atoms with Crippen LogP contribution in [0.15, 0.2) is 42.7 Å². The minimum Gasteiger partial charge on any atom is -0.390 e. The van der Waals surface area contributed by atoms with Gasteiger partial charge in [0.2, 0.25) is 5.28 Å². The van der Waals surface area contributed by atoms with Crippen molar-refractivity contribution >= 4 is 53.3 Å². The Balaban J connectivity index is 0.00000242. The molecule has 5 N–H and O–H groups in total. The van der Waals surface area contributed by atoms with Crippen molar-refractivity contribution in [3.8, 4) is 11.3 Å². The lowest BCUT2D eigenvalue weighted by molar-refractivity contribution is 0.00170. The predicted molar refractivity (Wildman–Crippen MR) is 168 cm³/mol. The van der Waals surface area contributed by atoms with Crippen LogP contribution < -0.4 is 11.1 Å². The molecular formula is C28H38Cl3FN8O2. The molecule has 0 amide bonds. The fourth-order valence-corrected chi connectivity index (χ4v) is 5.86. The molecule has 0 aliphatic heterocycles. The van der Waals surface area contributed by atoms with E-state index in [-0.39, 0.29) is 47.7 Å². The van der Waals surface area contributed by atoms with Gasteiger partial charge in [0.25, 0.3) is 0 Å². The van der Waals surface area contributed by atoms with Crippen molar-refractivity contribution < 1.29 is 14.6 Å². The van der Waals surface area contributed by atoms with Crippen molar-refractivity contribution in [1.29, 1.82) is 0 Å². The SMILES string of the molecule is CN(CCCNCCc1ccc(F)cc1)C[C@H]1C[C@@H](n2cc(-c3ccn(C)n3)c3c(N)nc(Cl)nc32)[C@H](O)[C@@H]1O.Cl.Cl. The van der Waals surface area contributed by atoms with Crippen LogP contribution in [0.2, 0.25) is 5.28 Å². The van der Waals surface area contributed by atoms with E-state index in [1.54, 1.807) is 4.68 Å². The smallest absolute Gasteiger partial charge is 0.226 e. The first-order valence-corrected chi connectivity index (χ1v) is 13.9. The number of rotatable bonds is 11. The van der Waals surface area contributed by atoms with Crippen molar-refractivity contribution in [2.24, 2.45) is 13.0 Å². The summed E-state index contributed by atoms with van der Waals surface area (Å²) in [6.45, 7) is 3.18. The van der Waals surface area contributed by atoms with Crippen LogP contribution in [-0.4, -0.2) is 84.9 Å². The second-order valence-electron chi connectivity index (χ2n) is 10.7. The lowest BCUT2D eigenvalue weighted by Crippen LogP contribution is -2.35.